The van der Waals surface area contributed by atoms with Crippen molar-refractivity contribution in [1.29, 1.82) is 0 Å². The third-order valence-electron chi connectivity index (χ3n) is 3.68. The SMILES string of the molecule is CC(C(=O)O)n1nnnc1-c1cc2c(s1)CCCCC2. The molecule has 0 bridgehead atoms. The van der Waals surface area contributed by atoms with E-state index in [4.69, 9.17) is 5.11 Å². The summed E-state index contributed by atoms with van der Waals surface area (Å²) in [5.41, 5.74) is 1.38. The number of rotatable bonds is 3. The highest BCUT2D eigenvalue weighted by molar-refractivity contribution is 7.15. The van der Waals surface area contributed by atoms with Crippen LogP contribution in [0.1, 0.15) is 42.7 Å². The minimum atomic E-state index is -0.934. The molecule has 0 saturated heterocycles. The van der Waals surface area contributed by atoms with Crippen molar-refractivity contribution in [3.63, 3.8) is 0 Å². The summed E-state index contributed by atoms with van der Waals surface area (Å²) in [6, 6.07) is 1.36. The Morgan fingerprint density at radius 3 is 3.00 bits per heavy atom. The van der Waals surface area contributed by atoms with Gasteiger partial charge in [0.15, 0.2) is 11.9 Å². The molecule has 0 aliphatic heterocycles. The molecule has 6 nitrogen and oxygen atoms in total. The Kier molecular flexibility index (Phi) is 3.52. The lowest BCUT2D eigenvalue weighted by Crippen LogP contribution is -2.17. The van der Waals surface area contributed by atoms with Crippen molar-refractivity contribution in [2.24, 2.45) is 0 Å². The number of carbonyl (C=O) groups is 1. The molecule has 2 aromatic rings. The van der Waals surface area contributed by atoms with Crippen LogP contribution in [0.2, 0.25) is 0 Å². The summed E-state index contributed by atoms with van der Waals surface area (Å²) >= 11 is 1.69. The van der Waals surface area contributed by atoms with Gasteiger partial charge in [-0.15, -0.1) is 16.4 Å². The summed E-state index contributed by atoms with van der Waals surface area (Å²) < 4.78 is 1.38. The molecular formula is C13H16N4O2S. The molecule has 2 aromatic heterocycles. The van der Waals surface area contributed by atoms with Gasteiger partial charge in [-0.05, 0) is 54.7 Å². The molecule has 0 amide bonds. The van der Waals surface area contributed by atoms with Gasteiger partial charge in [-0.25, -0.2) is 9.48 Å². The number of fused-ring (bicyclic) bond motifs is 1. The summed E-state index contributed by atoms with van der Waals surface area (Å²) in [5, 5.41) is 20.6. The van der Waals surface area contributed by atoms with Crippen molar-refractivity contribution in [2.75, 3.05) is 0 Å². The molecule has 3 rings (SSSR count). The Hall–Kier alpha value is -1.76. The minimum absolute atomic E-state index is 0.554. The first-order valence-electron chi connectivity index (χ1n) is 6.79. The highest BCUT2D eigenvalue weighted by Crippen LogP contribution is 2.34. The molecule has 0 spiro atoms. The van der Waals surface area contributed by atoms with E-state index in [0.29, 0.717) is 5.82 Å². The number of nitrogens with zero attached hydrogens (tertiary/aromatic N) is 4. The van der Waals surface area contributed by atoms with Gasteiger partial charge in [-0.3, -0.25) is 0 Å². The van der Waals surface area contributed by atoms with Crippen LogP contribution in [0.15, 0.2) is 6.07 Å². The first kappa shape index (κ1) is 13.2. The maximum Gasteiger partial charge on any atom is 0.328 e. The van der Waals surface area contributed by atoms with Crippen molar-refractivity contribution < 1.29 is 9.90 Å². The number of aromatic nitrogens is 4. The number of aliphatic carboxylic acids is 1. The lowest BCUT2D eigenvalue weighted by atomic mass is 10.1. The van der Waals surface area contributed by atoms with Crippen molar-refractivity contribution in [1.82, 2.24) is 20.2 Å². The number of aryl methyl sites for hydroxylation is 2. The van der Waals surface area contributed by atoms with Crippen molar-refractivity contribution in [2.45, 2.75) is 45.1 Å². The van der Waals surface area contributed by atoms with Crippen LogP contribution in [0.25, 0.3) is 10.7 Å². The van der Waals surface area contributed by atoms with Gasteiger partial charge in [-0.2, -0.15) is 0 Å². The van der Waals surface area contributed by atoms with Crippen molar-refractivity contribution in [3.8, 4) is 10.7 Å². The Balaban J connectivity index is 1.98. The summed E-state index contributed by atoms with van der Waals surface area (Å²) in [5.74, 6) is -0.380. The Labute approximate surface area is 120 Å². The molecule has 0 aromatic carbocycles. The second-order valence-electron chi connectivity index (χ2n) is 5.08. The number of carboxylic acid groups (broad SMARTS) is 1. The lowest BCUT2D eigenvalue weighted by molar-refractivity contribution is -0.140. The minimum Gasteiger partial charge on any atom is -0.480 e. The predicted molar refractivity (Wildman–Crippen MR) is 74.7 cm³/mol. The molecule has 0 fully saturated rings. The van der Waals surface area contributed by atoms with Crippen molar-refractivity contribution in [3.05, 3.63) is 16.5 Å². The molecule has 1 aliphatic rings. The van der Waals surface area contributed by atoms with E-state index in [9.17, 15) is 4.79 Å². The zero-order chi connectivity index (χ0) is 14.1. The summed E-state index contributed by atoms with van der Waals surface area (Å²) in [4.78, 5) is 13.5. The van der Waals surface area contributed by atoms with E-state index in [1.54, 1.807) is 18.3 Å². The summed E-state index contributed by atoms with van der Waals surface area (Å²) in [7, 11) is 0. The first-order valence-corrected chi connectivity index (χ1v) is 7.61. The fourth-order valence-electron chi connectivity index (χ4n) is 2.50. The molecule has 1 aliphatic carbocycles. The highest BCUT2D eigenvalue weighted by atomic mass is 32.1. The fraction of sp³-hybridized carbons (Fsp3) is 0.538. The van der Waals surface area contributed by atoms with Crippen LogP contribution in [0, 0.1) is 0 Å². The average Bonchev–Trinajstić information content (AvgIpc) is 3.00. The van der Waals surface area contributed by atoms with Crippen LogP contribution in [0.5, 0.6) is 0 Å². The number of carboxylic acids is 1. The van der Waals surface area contributed by atoms with E-state index in [1.807, 2.05) is 0 Å². The molecule has 1 unspecified atom stereocenters. The molecule has 20 heavy (non-hydrogen) atoms. The van der Waals surface area contributed by atoms with Gasteiger partial charge < -0.3 is 5.11 Å². The van der Waals surface area contributed by atoms with Gasteiger partial charge in [0, 0.05) is 4.88 Å². The smallest absolute Gasteiger partial charge is 0.328 e. The van der Waals surface area contributed by atoms with E-state index in [1.165, 1.54) is 34.4 Å². The largest absolute Gasteiger partial charge is 0.480 e. The second kappa shape index (κ2) is 5.32. The zero-order valence-electron chi connectivity index (χ0n) is 11.2. The quantitative estimate of drug-likeness (QED) is 0.878. The third-order valence-corrected chi connectivity index (χ3v) is 4.92. The molecule has 7 heteroatoms. The average molecular weight is 292 g/mol. The molecular weight excluding hydrogens is 276 g/mol. The third kappa shape index (κ3) is 2.33. The maximum absolute atomic E-state index is 11.1. The Morgan fingerprint density at radius 1 is 1.40 bits per heavy atom. The van der Waals surface area contributed by atoms with Gasteiger partial charge in [0.2, 0.25) is 0 Å². The lowest BCUT2D eigenvalue weighted by Gasteiger charge is -2.07. The standard InChI is InChI=1S/C13H16N4O2S/c1-8(13(18)19)17-12(14-15-16-17)11-7-9-5-3-2-4-6-10(9)20-11/h7-8H,2-6H2,1H3,(H,18,19). The monoisotopic (exact) mass is 292 g/mol. The van der Waals surface area contributed by atoms with Gasteiger partial charge in [0.05, 0.1) is 4.88 Å². The van der Waals surface area contributed by atoms with Crippen LogP contribution in [-0.2, 0) is 17.6 Å². The predicted octanol–water partition coefficient (Wildman–Crippen LogP) is 2.32. The van der Waals surface area contributed by atoms with Gasteiger partial charge in [0.1, 0.15) is 0 Å². The first-order chi connectivity index (χ1) is 9.66. The van der Waals surface area contributed by atoms with Crippen LogP contribution in [-0.4, -0.2) is 31.3 Å². The second-order valence-corrected chi connectivity index (χ2v) is 6.22. The molecule has 0 saturated carbocycles. The Bertz CT molecular complexity index is 611. The molecule has 0 radical (unpaired) electrons. The van der Waals surface area contributed by atoms with Crippen LogP contribution < -0.4 is 0 Å². The van der Waals surface area contributed by atoms with E-state index in [-0.39, 0.29) is 0 Å². The van der Waals surface area contributed by atoms with Gasteiger partial charge >= 0.3 is 5.97 Å². The van der Waals surface area contributed by atoms with Crippen LogP contribution in [0.4, 0.5) is 0 Å². The zero-order valence-corrected chi connectivity index (χ0v) is 12.1. The number of hydrogen-bond acceptors (Lipinski definition) is 5. The number of hydrogen-bond donors (Lipinski definition) is 1. The topological polar surface area (TPSA) is 80.9 Å². The highest BCUT2D eigenvalue weighted by Gasteiger charge is 2.22. The molecule has 2 heterocycles. The molecule has 1 atom stereocenters. The molecule has 106 valence electrons. The van der Waals surface area contributed by atoms with Crippen molar-refractivity contribution >= 4 is 17.3 Å². The van der Waals surface area contributed by atoms with E-state index >= 15 is 0 Å². The van der Waals surface area contributed by atoms with E-state index in [2.05, 4.69) is 21.6 Å². The number of thiophene rings is 1. The van der Waals surface area contributed by atoms with Crippen LogP contribution >= 0.6 is 11.3 Å². The van der Waals surface area contributed by atoms with E-state index < -0.39 is 12.0 Å². The Morgan fingerprint density at radius 2 is 2.20 bits per heavy atom. The normalized spacial score (nSPS) is 16.4. The van der Waals surface area contributed by atoms with Gasteiger partial charge in [-0.1, -0.05) is 6.42 Å². The van der Waals surface area contributed by atoms with Crippen LogP contribution in [0.3, 0.4) is 0 Å². The van der Waals surface area contributed by atoms with E-state index in [0.717, 1.165) is 17.7 Å². The maximum atomic E-state index is 11.1. The fourth-order valence-corrected chi connectivity index (χ4v) is 3.73. The molecule has 1 N–H and O–H groups in total. The number of tetrazole rings is 1. The summed E-state index contributed by atoms with van der Waals surface area (Å²) in [6.45, 7) is 1.58. The van der Waals surface area contributed by atoms with Gasteiger partial charge in [0.25, 0.3) is 0 Å². The summed E-state index contributed by atoms with van der Waals surface area (Å²) in [6.07, 6.45) is 5.94.